The van der Waals surface area contributed by atoms with Gasteiger partial charge in [0.2, 0.25) is 0 Å². The number of hydrogen-bond acceptors (Lipinski definition) is 4. The highest BCUT2D eigenvalue weighted by atomic mass is 16.7. The number of hydrogen-bond donors (Lipinski definition) is 0. The van der Waals surface area contributed by atoms with Crippen LogP contribution in [0.1, 0.15) is 42.5 Å². The number of nitro benzene ring substituents is 1. The summed E-state index contributed by atoms with van der Waals surface area (Å²) in [6.45, 7) is 0. The van der Waals surface area contributed by atoms with Gasteiger partial charge in [0.05, 0.1) is 18.1 Å². The van der Waals surface area contributed by atoms with Gasteiger partial charge in [-0.3, -0.25) is 19.7 Å². The van der Waals surface area contributed by atoms with E-state index in [1.165, 1.54) is 42.9 Å². The Balaban J connectivity index is 2.13. The molecule has 0 bridgehead atoms. The normalized spacial score (nSPS) is 15.8. The number of amides is 1. The van der Waals surface area contributed by atoms with Crippen LogP contribution in [0.15, 0.2) is 24.3 Å². The molecule has 1 amide bonds. The lowest BCUT2D eigenvalue weighted by molar-refractivity contribution is -0.384. The molecule has 1 aliphatic rings. The predicted octanol–water partition coefficient (Wildman–Crippen LogP) is 2.93. The van der Waals surface area contributed by atoms with Crippen molar-refractivity contribution in [1.29, 1.82) is 0 Å². The monoisotopic (exact) mass is 278 g/mol. The third-order valence-corrected chi connectivity index (χ3v) is 3.63. The van der Waals surface area contributed by atoms with E-state index in [0.29, 0.717) is 5.56 Å². The Morgan fingerprint density at radius 2 is 1.85 bits per heavy atom. The second kappa shape index (κ2) is 6.47. The number of carbonyl (C=O) groups is 1. The van der Waals surface area contributed by atoms with Crippen molar-refractivity contribution in [3.8, 4) is 0 Å². The fraction of sp³-hybridized carbons (Fsp3) is 0.500. The number of carbonyl (C=O) groups excluding carboxylic acids is 1. The standard InChI is InChI=1S/C14H18N2O4/c1-20-15(12-5-3-2-4-6-12)14(17)11-7-9-13(10-8-11)16(18)19/h7-10,12H,2-6H2,1H3. The van der Waals surface area contributed by atoms with Gasteiger partial charge >= 0.3 is 0 Å². The molecule has 0 N–H and O–H groups in total. The van der Waals surface area contributed by atoms with Gasteiger partial charge in [-0.1, -0.05) is 19.3 Å². The maximum Gasteiger partial charge on any atom is 0.277 e. The van der Waals surface area contributed by atoms with E-state index in [4.69, 9.17) is 4.84 Å². The van der Waals surface area contributed by atoms with Crippen LogP contribution >= 0.6 is 0 Å². The first kappa shape index (κ1) is 14.5. The van der Waals surface area contributed by atoms with Crippen molar-refractivity contribution >= 4 is 11.6 Å². The quantitative estimate of drug-likeness (QED) is 0.627. The number of non-ortho nitro benzene ring substituents is 1. The van der Waals surface area contributed by atoms with E-state index in [9.17, 15) is 14.9 Å². The van der Waals surface area contributed by atoms with Gasteiger partial charge in [0.25, 0.3) is 11.6 Å². The zero-order chi connectivity index (χ0) is 14.5. The van der Waals surface area contributed by atoms with Crippen LogP contribution in [0, 0.1) is 10.1 Å². The first-order chi connectivity index (χ1) is 9.63. The number of nitrogens with zero attached hydrogens (tertiary/aromatic N) is 2. The summed E-state index contributed by atoms with van der Waals surface area (Å²) in [7, 11) is 1.48. The highest BCUT2D eigenvalue weighted by Crippen LogP contribution is 2.24. The van der Waals surface area contributed by atoms with Gasteiger partial charge in [0, 0.05) is 17.7 Å². The Bertz CT molecular complexity index is 480. The predicted molar refractivity (Wildman–Crippen MR) is 73.1 cm³/mol. The number of hydroxylamine groups is 2. The molecule has 0 atom stereocenters. The maximum absolute atomic E-state index is 12.4. The molecule has 6 nitrogen and oxygen atoms in total. The molecule has 108 valence electrons. The van der Waals surface area contributed by atoms with Crippen molar-refractivity contribution in [2.24, 2.45) is 0 Å². The molecule has 0 spiro atoms. The molecule has 20 heavy (non-hydrogen) atoms. The minimum Gasteiger partial charge on any atom is -0.274 e. The topological polar surface area (TPSA) is 72.7 Å². The van der Waals surface area contributed by atoms with E-state index in [1.807, 2.05) is 0 Å². The van der Waals surface area contributed by atoms with Gasteiger partial charge in [-0.25, -0.2) is 5.06 Å². The van der Waals surface area contributed by atoms with Gasteiger partial charge < -0.3 is 0 Å². The highest BCUT2D eigenvalue weighted by molar-refractivity contribution is 5.93. The number of rotatable bonds is 4. The lowest BCUT2D eigenvalue weighted by Gasteiger charge is -2.32. The molecule has 1 aromatic carbocycles. The summed E-state index contributed by atoms with van der Waals surface area (Å²) in [5.74, 6) is -0.241. The van der Waals surface area contributed by atoms with Crippen LogP contribution in [0.4, 0.5) is 5.69 Å². The molecule has 1 fully saturated rings. The zero-order valence-corrected chi connectivity index (χ0v) is 11.4. The lowest BCUT2D eigenvalue weighted by Crippen LogP contribution is -2.40. The number of nitro groups is 1. The third-order valence-electron chi connectivity index (χ3n) is 3.63. The fourth-order valence-corrected chi connectivity index (χ4v) is 2.57. The van der Waals surface area contributed by atoms with Crippen LogP contribution in [-0.4, -0.2) is 29.0 Å². The molecular formula is C14H18N2O4. The van der Waals surface area contributed by atoms with Crippen LogP contribution in [0.25, 0.3) is 0 Å². The van der Waals surface area contributed by atoms with Crippen LogP contribution in [0.2, 0.25) is 0 Å². The molecule has 0 heterocycles. The summed E-state index contributed by atoms with van der Waals surface area (Å²) in [5, 5.41) is 12.0. The molecule has 0 aromatic heterocycles. The fourth-order valence-electron chi connectivity index (χ4n) is 2.57. The van der Waals surface area contributed by atoms with Crippen molar-refractivity contribution in [3.05, 3.63) is 39.9 Å². The van der Waals surface area contributed by atoms with Gasteiger partial charge in [-0.15, -0.1) is 0 Å². The van der Waals surface area contributed by atoms with Crippen molar-refractivity contribution in [1.82, 2.24) is 5.06 Å². The zero-order valence-electron chi connectivity index (χ0n) is 11.4. The first-order valence-corrected chi connectivity index (χ1v) is 6.75. The first-order valence-electron chi connectivity index (χ1n) is 6.75. The molecule has 1 aliphatic carbocycles. The summed E-state index contributed by atoms with van der Waals surface area (Å²) in [5.41, 5.74) is 0.381. The molecule has 1 aromatic rings. The smallest absolute Gasteiger partial charge is 0.274 e. The summed E-state index contributed by atoms with van der Waals surface area (Å²) < 4.78 is 0. The van der Waals surface area contributed by atoms with Crippen LogP contribution < -0.4 is 0 Å². The minimum atomic E-state index is -0.483. The van der Waals surface area contributed by atoms with E-state index in [1.54, 1.807) is 0 Å². The largest absolute Gasteiger partial charge is 0.277 e. The Morgan fingerprint density at radius 1 is 1.25 bits per heavy atom. The molecule has 0 radical (unpaired) electrons. The molecule has 2 rings (SSSR count). The van der Waals surface area contributed by atoms with Crippen LogP contribution in [0.3, 0.4) is 0 Å². The number of benzene rings is 1. The Labute approximate surface area is 117 Å². The van der Waals surface area contributed by atoms with E-state index in [0.717, 1.165) is 25.7 Å². The van der Waals surface area contributed by atoms with Crippen molar-refractivity contribution in [2.45, 2.75) is 38.1 Å². The summed E-state index contributed by atoms with van der Waals surface area (Å²) >= 11 is 0. The van der Waals surface area contributed by atoms with E-state index >= 15 is 0 Å². The van der Waals surface area contributed by atoms with Gasteiger partial charge in [-0.2, -0.15) is 0 Å². The molecule has 0 saturated heterocycles. The Kier molecular flexibility index (Phi) is 4.68. The second-order valence-corrected chi connectivity index (χ2v) is 4.91. The van der Waals surface area contributed by atoms with Gasteiger partial charge in [0.15, 0.2) is 0 Å². The highest BCUT2D eigenvalue weighted by Gasteiger charge is 2.26. The molecule has 0 unspecified atom stereocenters. The molecule has 0 aliphatic heterocycles. The van der Waals surface area contributed by atoms with E-state index in [2.05, 4.69) is 0 Å². The average Bonchev–Trinajstić information content (AvgIpc) is 2.49. The summed E-state index contributed by atoms with van der Waals surface area (Å²) in [6, 6.07) is 5.70. The van der Waals surface area contributed by atoms with Crippen LogP contribution in [0.5, 0.6) is 0 Å². The van der Waals surface area contributed by atoms with Gasteiger partial charge in [0.1, 0.15) is 0 Å². The summed E-state index contributed by atoms with van der Waals surface area (Å²) in [6.07, 6.45) is 5.26. The van der Waals surface area contributed by atoms with Crippen molar-refractivity contribution in [2.75, 3.05) is 7.11 Å². The maximum atomic E-state index is 12.4. The molecular weight excluding hydrogens is 260 g/mol. The molecule has 1 saturated carbocycles. The SMILES string of the molecule is CON(C(=O)c1ccc([N+](=O)[O-])cc1)C1CCCCC1. The second-order valence-electron chi connectivity index (χ2n) is 4.91. The third kappa shape index (κ3) is 3.14. The summed E-state index contributed by atoms with van der Waals surface area (Å²) in [4.78, 5) is 27.7. The Morgan fingerprint density at radius 3 is 2.35 bits per heavy atom. The van der Waals surface area contributed by atoms with Crippen LogP contribution in [-0.2, 0) is 4.84 Å². The van der Waals surface area contributed by atoms with Crippen molar-refractivity contribution in [3.63, 3.8) is 0 Å². The minimum absolute atomic E-state index is 0.0248. The molecule has 6 heteroatoms. The lowest BCUT2D eigenvalue weighted by atomic mass is 9.95. The van der Waals surface area contributed by atoms with Crippen molar-refractivity contribution < 1.29 is 14.6 Å². The van der Waals surface area contributed by atoms with Gasteiger partial charge in [-0.05, 0) is 25.0 Å². The average molecular weight is 278 g/mol. The van der Waals surface area contributed by atoms with E-state index < -0.39 is 4.92 Å². The Hall–Kier alpha value is -1.95. The van der Waals surface area contributed by atoms with E-state index in [-0.39, 0.29) is 17.6 Å².